The molecule has 2 aromatic rings. The minimum absolute atomic E-state index is 0.0324. The lowest BCUT2D eigenvalue weighted by atomic mass is 10.00. The SMILES string of the molecule is CC1CCCN(Cc2c(CC(=O)O)nc3ccc([N+](=O)[O-])cn23)C1. The summed E-state index contributed by atoms with van der Waals surface area (Å²) in [5, 5.41) is 20.2. The minimum Gasteiger partial charge on any atom is -0.481 e. The Morgan fingerprint density at radius 1 is 1.50 bits per heavy atom. The van der Waals surface area contributed by atoms with Gasteiger partial charge in [-0.25, -0.2) is 4.98 Å². The van der Waals surface area contributed by atoms with Crippen molar-refractivity contribution >= 4 is 17.3 Å². The monoisotopic (exact) mass is 332 g/mol. The molecule has 0 aliphatic carbocycles. The lowest BCUT2D eigenvalue weighted by molar-refractivity contribution is -0.385. The van der Waals surface area contributed by atoms with Crippen LogP contribution < -0.4 is 0 Å². The average molecular weight is 332 g/mol. The summed E-state index contributed by atoms with van der Waals surface area (Å²) in [4.78, 5) is 28.4. The van der Waals surface area contributed by atoms with Gasteiger partial charge in [-0.3, -0.25) is 24.2 Å². The standard InChI is InChI=1S/C16H20N4O4/c1-11-3-2-6-18(8-11)10-14-13(7-16(21)22)17-15-5-4-12(20(23)24)9-19(14)15/h4-5,9,11H,2-3,6-8,10H2,1H3,(H,21,22). The number of fused-ring (bicyclic) bond motifs is 1. The third kappa shape index (κ3) is 3.38. The summed E-state index contributed by atoms with van der Waals surface area (Å²) in [6, 6.07) is 2.95. The molecule has 0 bridgehead atoms. The number of hydrogen-bond donors (Lipinski definition) is 1. The fourth-order valence-electron chi connectivity index (χ4n) is 3.33. The minimum atomic E-state index is -0.957. The predicted molar refractivity (Wildman–Crippen MR) is 86.9 cm³/mol. The lowest BCUT2D eigenvalue weighted by Gasteiger charge is -2.30. The van der Waals surface area contributed by atoms with Gasteiger partial charge < -0.3 is 5.11 Å². The Balaban J connectivity index is 2.01. The molecule has 0 radical (unpaired) electrons. The second kappa shape index (κ2) is 6.56. The van der Waals surface area contributed by atoms with Crippen LogP contribution >= 0.6 is 0 Å². The molecule has 24 heavy (non-hydrogen) atoms. The Morgan fingerprint density at radius 2 is 2.29 bits per heavy atom. The Morgan fingerprint density at radius 3 is 2.96 bits per heavy atom. The molecule has 1 fully saturated rings. The number of piperidine rings is 1. The van der Waals surface area contributed by atoms with Crippen molar-refractivity contribution in [2.75, 3.05) is 13.1 Å². The highest BCUT2D eigenvalue weighted by molar-refractivity contribution is 5.70. The number of likely N-dealkylation sites (tertiary alicyclic amines) is 1. The van der Waals surface area contributed by atoms with E-state index in [9.17, 15) is 14.9 Å². The third-order valence-electron chi connectivity index (χ3n) is 4.43. The number of carboxylic acids is 1. The van der Waals surface area contributed by atoms with Gasteiger partial charge in [0.05, 0.1) is 28.9 Å². The Hall–Kier alpha value is -2.48. The van der Waals surface area contributed by atoms with Gasteiger partial charge >= 0.3 is 5.97 Å². The highest BCUT2D eigenvalue weighted by Gasteiger charge is 2.22. The molecular formula is C16H20N4O4. The number of hydrogen-bond acceptors (Lipinski definition) is 5. The van der Waals surface area contributed by atoms with Gasteiger partial charge in [0, 0.05) is 19.2 Å². The van der Waals surface area contributed by atoms with Crippen LogP contribution in [0.4, 0.5) is 5.69 Å². The quantitative estimate of drug-likeness (QED) is 0.664. The van der Waals surface area contributed by atoms with E-state index in [2.05, 4.69) is 16.8 Å². The van der Waals surface area contributed by atoms with Gasteiger partial charge in [0.1, 0.15) is 5.65 Å². The van der Waals surface area contributed by atoms with Crippen molar-refractivity contribution in [3.63, 3.8) is 0 Å². The van der Waals surface area contributed by atoms with Gasteiger partial charge in [-0.05, 0) is 31.4 Å². The summed E-state index contributed by atoms with van der Waals surface area (Å²) in [6.45, 7) is 4.63. The van der Waals surface area contributed by atoms with E-state index >= 15 is 0 Å². The molecule has 1 atom stereocenters. The molecule has 1 aliphatic heterocycles. The fourth-order valence-corrected chi connectivity index (χ4v) is 3.33. The molecule has 0 aromatic carbocycles. The smallest absolute Gasteiger partial charge is 0.309 e. The number of nitrogens with zero attached hydrogens (tertiary/aromatic N) is 4. The van der Waals surface area contributed by atoms with Crippen LogP contribution in [-0.2, 0) is 17.8 Å². The van der Waals surface area contributed by atoms with Crippen molar-refractivity contribution in [1.82, 2.24) is 14.3 Å². The number of aliphatic carboxylic acids is 1. The van der Waals surface area contributed by atoms with Crippen LogP contribution in [0.25, 0.3) is 5.65 Å². The first kappa shape index (κ1) is 16.4. The second-order valence-electron chi connectivity index (χ2n) is 6.43. The molecule has 1 unspecified atom stereocenters. The normalized spacial score (nSPS) is 18.8. The van der Waals surface area contributed by atoms with Crippen LogP contribution in [0, 0.1) is 16.0 Å². The van der Waals surface area contributed by atoms with E-state index < -0.39 is 10.9 Å². The average Bonchev–Trinajstić information content (AvgIpc) is 2.83. The first-order valence-electron chi connectivity index (χ1n) is 8.02. The van der Waals surface area contributed by atoms with Gasteiger partial charge in [-0.15, -0.1) is 0 Å². The van der Waals surface area contributed by atoms with Crippen molar-refractivity contribution in [2.45, 2.75) is 32.7 Å². The topological polar surface area (TPSA) is 101 Å². The molecule has 128 valence electrons. The van der Waals surface area contributed by atoms with E-state index in [1.807, 2.05) is 0 Å². The van der Waals surface area contributed by atoms with Gasteiger partial charge in [0.25, 0.3) is 5.69 Å². The largest absolute Gasteiger partial charge is 0.481 e. The number of carbonyl (C=O) groups is 1. The molecule has 1 aliphatic rings. The van der Waals surface area contributed by atoms with Gasteiger partial charge in [0.2, 0.25) is 0 Å². The first-order chi connectivity index (χ1) is 11.4. The number of rotatable bonds is 5. The highest BCUT2D eigenvalue weighted by Crippen LogP contribution is 2.23. The van der Waals surface area contributed by atoms with E-state index in [-0.39, 0.29) is 12.1 Å². The number of aromatic nitrogens is 2. The zero-order chi connectivity index (χ0) is 17.3. The molecule has 1 saturated heterocycles. The number of carboxylic acid groups (broad SMARTS) is 1. The van der Waals surface area contributed by atoms with Crippen molar-refractivity contribution in [3.8, 4) is 0 Å². The van der Waals surface area contributed by atoms with Crippen molar-refractivity contribution in [3.05, 3.63) is 39.8 Å². The first-order valence-corrected chi connectivity index (χ1v) is 8.02. The number of pyridine rings is 1. The highest BCUT2D eigenvalue weighted by atomic mass is 16.6. The third-order valence-corrected chi connectivity index (χ3v) is 4.43. The van der Waals surface area contributed by atoms with Crippen LogP contribution in [0.1, 0.15) is 31.2 Å². The maximum absolute atomic E-state index is 11.1. The lowest BCUT2D eigenvalue weighted by Crippen LogP contribution is -2.34. The summed E-state index contributed by atoms with van der Waals surface area (Å²) in [7, 11) is 0. The van der Waals surface area contributed by atoms with Crippen molar-refractivity contribution in [2.24, 2.45) is 5.92 Å². The zero-order valence-corrected chi connectivity index (χ0v) is 13.5. The molecule has 3 heterocycles. The zero-order valence-electron chi connectivity index (χ0n) is 13.5. The summed E-state index contributed by atoms with van der Waals surface area (Å²) < 4.78 is 1.66. The van der Waals surface area contributed by atoms with E-state index in [0.29, 0.717) is 23.8 Å². The van der Waals surface area contributed by atoms with E-state index in [4.69, 9.17) is 5.11 Å². The maximum atomic E-state index is 11.1. The van der Waals surface area contributed by atoms with Gasteiger partial charge in [0.15, 0.2) is 0 Å². The van der Waals surface area contributed by atoms with Gasteiger partial charge in [-0.1, -0.05) is 6.92 Å². The summed E-state index contributed by atoms with van der Waals surface area (Å²) in [6.07, 6.45) is 3.54. The van der Waals surface area contributed by atoms with Crippen LogP contribution in [-0.4, -0.2) is 43.4 Å². The molecule has 3 rings (SSSR count). The van der Waals surface area contributed by atoms with Crippen molar-refractivity contribution < 1.29 is 14.8 Å². The fraction of sp³-hybridized carbons (Fsp3) is 0.500. The van der Waals surface area contributed by atoms with Crippen molar-refractivity contribution in [1.29, 1.82) is 0 Å². The summed E-state index contributed by atoms with van der Waals surface area (Å²) in [5.41, 5.74) is 1.71. The van der Waals surface area contributed by atoms with Crippen LogP contribution in [0.5, 0.6) is 0 Å². The van der Waals surface area contributed by atoms with E-state index in [1.54, 1.807) is 10.5 Å². The van der Waals surface area contributed by atoms with Crippen LogP contribution in [0.2, 0.25) is 0 Å². The number of nitro groups is 1. The molecule has 1 N–H and O–H groups in total. The number of imidazole rings is 1. The molecule has 0 amide bonds. The van der Waals surface area contributed by atoms with Gasteiger partial charge in [-0.2, -0.15) is 0 Å². The Kier molecular flexibility index (Phi) is 4.48. The van der Waals surface area contributed by atoms with Crippen LogP contribution in [0.15, 0.2) is 18.3 Å². The summed E-state index contributed by atoms with van der Waals surface area (Å²) in [5.74, 6) is -0.364. The maximum Gasteiger partial charge on any atom is 0.309 e. The summed E-state index contributed by atoms with van der Waals surface area (Å²) >= 11 is 0. The Bertz CT molecular complexity index is 786. The molecule has 8 nitrogen and oxygen atoms in total. The molecular weight excluding hydrogens is 312 g/mol. The van der Waals surface area contributed by atoms with Crippen LogP contribution in [0.3, 0.4) is 0 Å². The Labute approximate surface area is 138 Å². The second-order valence-corrected chi connectivity index (χ2v) is 6.43. The molecule has 8 heteroatoms. The molecule has 2 aromatic heterocycles. The predicted octanol–water partition coefficient (Wildman–Crippen LogP) is 2.10. The van der Waals surface area contributed by atoms with E-state index in [0.717, 1.165) is 25.2 Å². The molecule has 0 spiro atoms. The van der Waals surface area contributed by atoms with E-state index in [1.165, 1.54) is 18.7 Å². The molecule has 0 saturated carbocycles.